The maximum Gasteiger partial charge on any atom is 0.251 e. The van der Waals surface area contributed by atoms with E-state index >= 15 is 0 Å². The first-order chi connectivity index (χ1) is 19.5. The van der Waals surface area contributed by atoms with E-state index in [4.69, 9.17) is 25.8 Å². The zero-order valence-corrected chi connectivity index (χ0v) is 24.5. The number of nitrogens with zero attached hydrogens (tertiary/aromatic N) is 4. The fraction of sp³-hybridized carbons (Fsp3) is 0.419. The number of hydrogen-bond donors (Lipinski definition) is 1. The van der Waals surface area contributed by atoms with Crippen molar-refractivity contribution in [1.29, 1.82) is 5.26 Å². The molecule has 0 aliphatic carbocycles. The molecule has 1 aromatic heterocycles. The summed E-state index contributed by atoms with van der Waals surface area (Å²) in [6.07, 6.45) is 4.84. The number of rotatable bonds is 6. The van der Waals surface area contributed by atoms with E-state index < -0.39 is 0 Å². The lowest BCUT2D eigenvalue weighted by atomic mass is 9.85. The number of morpholine rings is 1. The summed E-state index contributed by atoms with van der Waals surface area (Å²) in [7, 11) is 0. The number of halogens is 1. The van der Waals surface area contributed by atoms with Crippen LogP contribution in [0.3, 0.4) is 0 Å². The number of benzene rings is 2. The van der Waals surface area contributed by atoms with E-state index in [0.29, 0.717) is 65.8 Å². The molecule has 5 rings (SSSR count). The number of nitrogens with one attached hydrogen (secondary N) is 1. The van der Waals surface area contributed by atoms with Gasteiger partial charge in [-0.2, -0.15) is 5.26 Å². The van der Waals surface area contributed by atoms with Crippen LogP contribution in [0.1, 0.15) is 56.5 Å². The lowest BCUT2D eigenvalue weighted by molar-refractivity contribution is -0.162. The zero-order valence-electron chi connectivity index (χ0n) is 23.7. The molecule has 1 N–H and O–H groups in total. The summed E-state index contributed by atoms with van der Waals surface area (Å²) in [4.78, 5) is 24.2. The lowest BCUT2D eigenvalue weighted by Gasteiger charge is -2.45. The molecule has 0 spiro atoms. The molecule has 2 fully saturated rings. The van der Waals surface area contributed by atoms with Crippen LogP contribution in [0.5, 0.6) is 11.5 Å². The monoisotopic (exact) mass is 575 g/mol. The molecule has 0 atom stereocenters. The van der Waals surface area contributed by atoms with Gasteiger partial charge in [-0.05, 0) is 64.8 Å². The van der Waals surface area contributed by atoms with Crippen molar-refractivity contribution in [2.24, 2.45) is 0 Å². The minimum atomic E-state index is -0.334. The van der Waals surface area contributed by atoms with Crippen molar-refractivity contribution in [2.75, 3.05) is 31.2 Å². The third-order valence-electron chi connectivity index (χ3n) is 7.16. The largest absolute Gasteiger partial charge is 0.454 e. The second kappa shape index (κ2) is 11.6. The van der Waals surface area contributed by atoms with Crippen molar-refractivity contribution < 1.29 is 19.0 Å². The molecule has 2 saturated heterocycles. The van der Waals surface area contributed by atoms with Gasteiger partial charge < -0.3 is 24.4 Å². The number of anilines is 1. The highest BCUT2D eigenvalue weighted by Gasteiger charge is 2.39. The SMILES string of the molecule is CC1(C)CC(NC(=O)c2ccc(Oc3cccc(-c4cnc(N5CCOCC5)nc4)c3C#N)c(Cl)c2)CC(C)(C)O1. The zero-order chi connectivity index (χ0) is 29.2. The van der Waals surface area contributed by atoms with Gasteiger partial charge in [-0.1, -0.05) is 23.7 Å². The maximum absolute atomic E-state index is 13.1. The Labute approximate surface area is 245 Å². The Morgan fingerprint density at radius 2 is 1.76 bits per heavy atom. The Bertz CT molecular complexity index is 1450. The molecule has 41 heavy (non-hydrogen) atoms. The van der Waals surface area contributed by atoms with E-state index in [1.807, 2.05) is 33.8 Å². The minimum Gasteiger partial charge on any atom is -0.454 e. The smallest absolute Gasteiger partial charge is 0.251 e. The summed E-state index contributed by atoms with van der Waals surface area (Å²) < 4.78 is 17.6. The van der Waals surface area contributed by atoms with Gasteiger partial charge in [0.25, 0.3) is 5.91 Å². The van der Waals surface area contributed by atoms with Gasteiger partial charge in [0, 0.05) is 48.2 Å². The number of hydrogen-bond acceptors (Lipinski definition) is 8. The van der Waals surface area contributed by atoms with Crippen LogP contribution in [-0.2, 0) is 9.47 Å². The number of carbonyl (C=O) groups is 1. The van der Waals surface area contributed by atoms with E-state index in [9.17, 15) is 10.1 Å². The molecule has 0 saturated carbocycles. The molecular formula is C31H34ClN5O4. The molecule has 0 radical (unpaired) electrons. The first-order valence-electron chi connectivity index (χ1n) is 13.7. The first kappa shape index (κ1) is 28.8. The third kappa shape index (κ3) is 6.79. The van der Waals surface area contributed by atoms with Crippen LogP contribution in [0, 0.1) is 11.3 Å². The second-order valence-electron chi connectivity index (χ2n) is 11.6. The third-order valence-corrected chi connectivity index (χ3v) is 7.45. The number of nitriles is 1. The Kier molecular flexibility index (Phi) is 8.18. The van der Waals surface area contributed by atoms with Crippen LogP contribution in [0.2, 0.25) is 5.02 Å². The van der Waals surface area contributed by atoms with Gasteiger partial charge in [-0.3, -0.25) is 4.79 Å². The summed E-state index contributed by atoms with van der Waals surface area (Å²) in [5.74, 6) is 1.09. The quantitative estimate of drug-likeness (QED) is 0.395. The van der Waals surface area contributed by atoms with Gasteiger partial charge in [0.15, 0.2) is 0 Å². The molecular weight excluding hydrogens is 542 g/mol. The number of aromatic nitrogens is 2. The molecule has 0 bridgehead atoms. The van der Waals surface area contributed by atoms with E-state index in [0.717, 1.165) is 13.1 Å². The highest BCUT2D eigenvalue weighted by molar-refractivity contribution is 6.32. The van der Waals surface area contributed by atoms with E-state index in [2.05, 4.69) is 26.3 Å². The van der Waals surface area contributed by atoms with Crippen LogP contribution in [0.4, 0.5) is 5.95 Å². The first-order valence-corrected chi connectivity index (χ1v) is 14.1. The van der Waals surface area contributed by atoms with E-state index in [-0.39, 0.29) is 28.2 Å². The van der Waals surface area contributed by atoms with Gasteiger partial charge >= 0.3 is 0 Å². The predicted octanol–water partition coefficient (Wildman–Crippen LogP) is 5.76. The van der Waals surface area contributed by atoms with Crippen LogP contribution in [-0.4, -0.2) is 59.4 Å². The van der Waals surface area contributed by atoms with Crippen LogP contribution in [0.15, 0.2) is 48.8 Å². The van der Waals surface area contributed by atoms with E-state index in [1.165, 1.54) is 0 Å². The molecule has 2 aliphatic heterocycles. The van der Waals surface area contributed by atoms with Crippen molar-refractivity contribution >= 4 is 23.5 Å². The summed E-state index contributed by atoms with van der Waals surface area (Å²) in [5.41, 5.74) is 1.43. The topological polar surface area (TPSA) is 110 Å². The van der Waals surface area contributed by atoms with Crippen molar-refractivity contribution in [2.45, 2.75) is 57.8 Å². The van der Waals surface area contributed by atoms with Gasteiger partial charge in [0.1, 0.15) is 23.1 Å². The summed E-state index contributed by atoms with van der Waals surface area (Å²) in [6.45, 7) is 10.9. The van der Waals surface area contributed by atoms with Gasteiger partial charge in [-0.15, -0.1) is 0 Å². The van der Waals surface area contributed by atoms with Gasteiger partial charge in [-0.25, -0.2) is 9.97 Å². The Morgan fingerprint density at radius 1 is 1.07 bits per heavy atom. The molecule has 2 aromatic carbocycles. The maximum atomic E-state index is 13.1. The summed E-state index contributed by atoms with van der Waals surface area (Å²) in [5, 5.41) is 13.4. The van der Waals surface area contributed by atoms with Gasteiger partial charge in [0.05, 0.1) is 29.4 Å². The van der Waals surface area contributed by atoms with Gasteiger partial charge in [0.2, 0.25) is 5.95 Å². The Hall–Kier alpha value is -3.71. The summed E-state index contributed by atoms with van der Waals surface area (Å²) in [6, 6.07) is 12.4. The standard InChI is InChI=1S/C31H34ClN5O4/c1-30(2)15-22(16-31(3,4)41-30)36-28(38)20-8-9-27(25(32)14-20)40-26-7-5-6-23(24(26)17-33)21-18-34-29(35-19-21)37-10-12-39-13-11-37/h5-9,14,18-19,22H,10-13,15-16H2,1-4H3,(H,36,38). The molecule has 3 aromatic rings. The number of ether oxygens (including phenoxy) is 3. The predicted molar refractivity (Wildman–Crippen MR) is 156 cm³/mol. The lowest BCUT2D eigenvalue weighted by Crippen LogP contribution is -2.52. The molecule has 214 valence electrons. The number of amides is 1. The summed E-state index contributed by atoms with van der Waals surface area (Å²) >= 11 is 6.56. The molecule has 0 unspecified atom stereocenters. The molecule has 2 aliphatic rings. The van der Waals surface area contributed by atoms with Crippen molar-refractivity contribution in [1.82, 2.24) is 15.3 Å². The van der Waals surface area contributed by atoms with Crippen LogP contribution < -0.4 is 15.0 Å². The molecule has 10 heteroatoms. The van der Waals surface area contributed by atoms with Crippen molar-refractivity contribution in [3.63, 3.8) is 0 Å². The van der Waals surface area contributed by atoms with Crippen LogP contribution in [0.25, 0.3) is 11.1 Å². The molecule has 1 amide bonds. The average Bonchev–Trinajstić information content (AvgIpc) is 2.93. The normalized spacial score (nSPS) is 18.4. The highest BCUT2D eigenvalue weighted by atomic mass is 35.5. The highest BCUT2D eigenvalue weighted by Crippen LogP contribution is 2.37. The number of carbonyl (C=O) groups excluding carboxylic acids is 1. The van der Waals surface area contributed by atoms with Crippen molar-refractivity contribution in [3.05, 3.63) is 64.9 Å². The fourth-order valence-corrected chi connectivity index (χ4v) is 5.88. The Balaban J connectivity index is 1.31. The minimum absolute atomic E-state index is 0.0243. The van der Waals surface area contributed by atoms with Crippen LogP contribution >= 0.6 is 11.6 Å². The fourth-order valence-electron chi connectivity index (χ4n) is 5.66. The van der Waals surface area contributed by atoms with Crippen molar-refractivity contribution in [3.8, 4) is 28.7 Å². The Morgan fingerprint density at radius 3 is 2.39 bits per heavy atom. The average molecular weight is 576 g/mol. The second-order valence-corrected chi connectivity index (χ2v) is 12.0. The molecule has 9 nitrogen and oxygen atoms in total. The molecule has 3 heterocycles. The van der Waals surface area contributed by atoms with E-state index in [1.54, 1.807) is 42.7 Å².